The van der Waals surface area contributed by atoms with Gasteiger partial charge in [0.1, 0.15) is 0 Å². The van der Waals surface area contributed by atoms with E-state index in [1.54, 1.807) is 0 Å². The summed E-state index contributed by atoms with van der Waals surface area (Å²) in [5, 5.41) is 8.27. The molecular formula is C18H23N3O. The second-order valence-corrected chi connectivity index (χ2v) is 6.01. The van der Waals surface area contributed by atoms with Gasteiger partial charge >= 0.3 is 6.03 Å². The van der Waals surface area contributed by atoms with Crippen LogP contribution >= 0.6 is 0 Å². The Bertz CT molecular complexity index is 650. The molecule has 0 saturated heterocycles. The van der Waals surface area contributed by atoms with Crippen molar-refractivity contribution in [1.29, 1.82) is 0 Å². The predicted molar refractivity (Wildman–Crippen MR) is 90.9 cm³/mol. The smallest absolute Gasteiger partial charge is 0.319 e. The minimum absolute atomic E-state index is 0.137. The molecule has 22 heavy (non-hydrogen) atoms. The average Bonchev–Trinajstić information content (AvgIpc) is 2.55. The largest absolute Gasteiger partial charge is 0.335 e. The molecule has 4 N–H and O–H groups in total. The van der Waals surface area contributed by atoms with Gasteiger partial charge < -0.3 is 16.4 Å². The molecule has 1 aliphatic carbocycles. The maximum Gasteiger partial charge on any atom is 0.319 e. The van der Waals surface area contributed by atoms with E-state index in [9.17, 15) is 4.79 Å². The molecule has 4 nitrogen and oxygen atoms in total. The molecule has 2 aromatic carbocycles. The van der Waals surface area contributed by atoms with E-state index in [0.717, 1.165) is 35.7 Å². The van der Waals surface area contributed by atoms with E-state index in [4.69, 9.17) is 5.73 Å². The summed E-state index contributed by atoms with van der Waals surface area (Å²) in [6.07, 6.45) is 4.50. The Morgan fingerprint density at radius 2 is 1.86 bits per heavy atom. The first-order valence-electron chi connectivity index (χ1n) is 8.03. The molecule has 0 aromatic heterocycles. The quantitative estimate of drug-likeness (QED) is 0.812. The van der Waals surface area contributed by atoms with Crippen molar-refractivity contribution in [3.05, 3.63) is 42.5 Å². The summed E-state index contributed by atoms with van der Waals surface area (Å²) in [4.78, 5) is 12.3. The summed E-state index contributed by atoms with van der Waals surface area (Å²) in [5.74, 6) is 0.395. The molecule has 1 aliphatic rings. The number of nitrogens with one attached hydrogen (secondary N) is 2. The van der Waals surface area contributed by atoms with Crippen LogP contribution in [-0.2, 0) is 0 Å². The Morgan fingerprint density at radius 1 is 1.09 bits per heavy atom. The Kier molecular flexibility index (Phi) is 4.59. The van der Waals surface area contributed by atoms with E-state index >= 15 is 0 Å². The molecule has 0 aliphatic heterocycles. The maximum absolute atomic E-state index is 12.3. The number of amides is 2. The molecule has 3 rings (SSSR count). The van der Waals surface area contributed by atoms with Crippen LogP contribution in [0.25, 0.3) is 10.8 Å². The van der Waals surface area contributed by atoms with Crippen LogP contribution in [0.15, 0.2) is 42.5 Å². The van der Waals surface area contributed by atoms with Crippen LogP contribution in [-0.4, -0.2) is 18.6 Å². The molecular weight excluding hydrogens is 274 g/mol. The lowest BCUT2D eigenvalue weighted by Crippen LogP contribution is -2.46. The van der Waals surface area contributed by atoms with Crippen molar-refractivity contribution in [1.82, 2.24) is 5.32 Å². The minimum Gasteiger partial charge on any atom is -0.335 e. The predicted octanol–water partition coefficient (Wildman–Crippen LogP) is 3.48. The van der Waals surface area contributed by atoms with Gasteiger partial charge in [0, 0.05) is 11.4 Å². The summed E-state index contributed by atoms with van der Waals surface area (Å²) in [5.41, 5.74) is 6.67. The highest BCUT2D eigenvalue weighted by Crippen LogP contribution is 2.25. The lowest BCUT2D eigenvalue weighted by molar-refractivity contribution is 0.229. The highest BCUT2D eigenvalue weighted by Gasteiger charge is 2.25. The second kappa shape index (κ2) is 6.79. The van der Waals surface area contributed by atoms with Crippen molar-refractivity contribution >= 4 is 22.5 Å². The monoisotopic (exact) mass is 297 g/mol. The van der Waals surface area contributed by atoms with Crippen LogP contribution in [0.4, 0.5) is 10.5 Å². The standard InChI is InChI=1S/C18H23N3O/c19-12-14-7-2-4-10-16(14)20-18(22)21-17-11-5-8-13-6-1-3-9-15(13)17/h1,3,5-6,8-9,11,14,16H,2,4,7,10,12,19H2,(H2,20,21,22). The van der Waals surface area contributed by atoms with Crippen LogP contribution in [0.3, 0.4) is 0 Å². The number of benzene rings is 2. The van der Waals surface area contributed by atoms with Gasteiger partial charge in [-0.05, 0) is 36.8 Å². The summed E-state index contributed by atoms with van der Waals surface area (Å²) < 4.78 is 0. The number of fused-ring (bicyclic) bond motifs is 1. The molecule has 116 valence electrons. The number of hydrogen-bond acceptors (Lipinski definition) is 2. The Balaban J connectivity index is 1.70. The number of nitrogens with two attached hydrogens (primary N) is 1. The Labute approximate surface area is 131 Å². The fourth-order valence-corrected chi connectivity index (χ4v) is 3.34. The third-order valence-electron chi connectivity index (χ3n) is 4.57. The van der Waals surface area contributed by atoms with Crippen molar-refractivity contribution in [3.63, 3.8) is 0 Å². The summed E-state index contributed by atoms with van der Waals surface area (Å²) in [6, 6.07) is 14.0. The first-order chi connectivity index (χ1) is 10.8. The first kappa shape index (κ1) is 14.9. The van der Waals surface area contributed by atoms with Crippen molar-refractivity contribution in [2.75, 3.05) is 11.9 Å². The lowest BCUT2D eigenvalue weighted by Gasteiger charge is -2.31. The molecule has 2 unspecified atom stereocenters. The van der Waals surface area contributed by atoms with Crippen LogP contribution in [0, 0.1) is 5.92 Å². The van der Waals surface area contributed by atoms with Gasteiger partial charge in [0.15, 0.2) is 0 Å². The number of rotatable bonds is 3. The van der Waals surface area contributed by atoms with Gasteiger partial charge in [-0.2, -0.15) is 0 Å². The van der Waals surface area contributed by atoms with Crippen molar-refractivity contribution in [3.8, 4) is 0 Å². The third kappa shape index (κ3) is 3.22. The molecule has 2 amide bonds. The number of carbonyl (C=O) groups excluding carboxylic acids is 1. The summed E-state index contributed by atoms with van der Waals surface area (Å²) in [7, 11) is 0. The topological polar surface area (TPSA) is 67.1 Å². The number of urea groups is 1. The van der Waals surface area contributed by atoms with Crippen LogP contribution < -0.4 is 16.4 Å². The molecule has 2 aromatic rings. The fourth-order valence-electron chi connectivity index (χ4n) is 3.34. The van der Waals surface area contributed by atoms with E-state index in [-0.39, 0.29) is 12.1 Å². The second-order valence-electron chi connectivity index (χ2n) is 6.01. The highest BCUT2D eigenvalue weighted by atomic mass is 16.2. The average molecular weight is 297 g/mol. The van der Waals surface area contributed by atoms with Gasteiger partial charge in [0.25, 0.3) is 0 Å². The van der Waals surface area contributed by atoms with E-state index in [0.29, 0.717) is 12.5 Å². The van der Waals surface area contributed by atoms with Gasteiger partial charge in [0.2, 0.25) is 0 Å². The first-order valence-corrected chi connectivity index (χ1v) is 8.03. The Hall–Kier alpha value is -2.07. The van der Waals surface area contributed by atoms with Crippen molar-refractivity contribution in [2.45, 2.75) is 31.7 Å². The third-order valence-corrected chi connectivity index (χ3v) is 4.57. The molecule has 4 heteroatoms. The normalized spacial score (nSPS) is 21.5. The maximum atomic E-state index is 12.3. The van der Waals surface area contributed by atoms with Gasteiger partial charge in [-0.1, -0.05) is 49.2 Å². The van der Waals surface area contributed by atoms with Gasteiger partial charge in [-0.3, -0.25) is 0 Å². The van der Waals surface area contributed by atoms with E-state index in [1.165, 1.54) is 6.42 Å². The Morgan fingerprint density at radius 3 is 2.73 bits per heavy atom. The van der Waals surface area contributed by atoms with E-state index in [1.807, 2.05) is 42.5 Å². The van der Waals surface area contributed by atoms with Crippen LogP contribution in [0.2, 0.25) is 0 Å². The van der Waals surface area contributed by atoms with Crippen LogP contribution in [0.1, 0.15) is 25.7 Å². The summed E-state index contributed by atoms with van der Waals surface area (Å²) in [6.45, 7) is 0.638. The molecule has 1 saturated carbocycles. The number of hydrogen-bond donors (Lipinski definition) is 3. The zero-order valence-corrected chi connectivity index (χ0v) is 12.7. The van der Waals surface area contributed by atoms with Gasteiger partial charge in [-0.25, -0.2) is 4.79 Å². The van der Waals surface area contributed by atoms with Gasteiger partial charge in [-0.15, -0.1) is 0 Å². The number of carbonyl (C=O) groups is 1. The van der Waals surface area contributed by atoms with Gasteiger partial charge in [0.05, 0.1) is 5.69 Å². The molecule has 0 bridgehead atoms. The number of anilines is 1. The molecule has 0 spiro atoms. The van der Waals surface area contributed by atoms with E-state index in [2.05, 4.69) is 10.6 Å². The molecule has 0 heterocycles. The summed E-state index contributed by atoms with van der Waals surface area (Å²) >= 11 is 0. The van der Waals surface area contributed by atoms with Crippen molar-refractivity contribution in [2.24, 2.45) is 11.7 Å². The lowest BCUT2D eigenvalue weighted by atomic mass is 9.84. The zero-order valence-electron chi connectivity index (χ0n) is 12.7. The molecule has 2 atom stereocenters. The molecule has 1 fully saturated rings. The molecule has 0 radical (unpaired) electrons. The van der Waals surface area contributed by atoms with Crippen LogP contribution in [0.5, 0.6) is 0 Å². The SMILES string of the molecule is NCC1CCCCC1NC(=O)Nc1cccc2ccccc12. The fraction of sp³-hybridized carbons (Fsp3) is 0.389. The minimum atomic E-state index is -0.137. The van der Waals surface area contributed by atoms with Crippen molar-refractivity contribution < 1.29 is 4.79 Å². The highest BCUT2D eigenvalue weighted by molar-refractivity contribution is 6.01. The van der Waals surface area contributed by atoms with E-state index < -0.39 is 0 Å². The zero-order chi connectivity index (χ0) is 15.4.